The summed E-state index contributed by atoms with van der Waals surface area (Å²) in [4.78, 5) is 20.4. The number of hydrogen-bond donors (Lipinski definition) is 2. The molecule has 0 aliphatic rings. The summed E-state index contributed by atoms with van der Waals surface area (Å²) in [7, 11) is 0. The van der Waals surface area contributed by atoms with E-state index in [1.165, 1.54) is 12.1 Å². The van der Waals surface area contributed by atoms with Gasteiger partial charge in [0.05, 0.1) is 16.1 Å². The number of hydrogen-bond acceptors (Lipinski definition) is 2. The average Bonchev–Trinajstić information content (AvgIpc) is 3.07. The van der Waals surface area contributed by atoms with Crippen molar-refractivity contribution in [2.45, 2.75) is 13.8 Å². The second-order valence-electron chi connectivity index (χ2n) is 6.67. The topological polar surface area (TPSA) is 57.8 Å². The number of nitrogens with zero attached hydrogens (tertiary/aromatic N) is 1. The molecule has 2 N–H and O–H groups in total. The number of carbonyl (C=O) groups excluding carboxylic acids is 1. The van der Waals surface area contributed by atoms with E-state index < -0.39 is 0 Å². The molecule has 4 nitrogen and oxygen atoms in total. The van der Waals surface area contributed by atoms with Crippen molar-refractivity contribution in [2.75, 3.05) is 5.32 Å². The summed E-state index contributed by atoms with van der Waals surface area (Å²) in [5.74, 6) is 0.0714. The maximum absolute atomic E-state index is 13.4. The van der Waals surface area contributed by atoms with Crippen LogP contribution in [-0.4, -0.2) is 15.9 Å². The molecule has 4 rings (SSSR count). The standard InChI is InChI=1S/C22H17ClFN3O/c1-12-4-3-5-16(23)20(12)21-26-18-9-6-14(11-19(18)27-21)22(28)25-15-7-8-17(24)13(2)10-15/h3-11H,1-2H3,(H,25,28)(H,26,27). The van der Waals surface area contributed by atoms with Crippen LogP contribution in [0.2, 0.25) is 5.02 Å². The molecule has 0 saturated heterocycles. The Morgan fingerprint density at radius 2 is 1.89 bits per heavy atom. The first kappa shape index (κ1) is 18.2. The van der Waals surface area contributed by atoms with Gasteiger partial charge in [-0.1, -0.05) is 23.7 Å². The van der Waals surface area contributed by atoms with Crippen LogP contribution in [0.3, 0.4) is 0 Å². The van der Waals surface area contributed by atoms with E-state index in [1.807, 2.05) is 25.1 Å². The molecule has 28 heavy (non-hydrogen) atoms. The fourth-order valence-electron chi connectivity index (χ4n) is 3.13. The van der Waals surface area contributed by atoms with E-state index in [4.69, 9.17) is 11.6 Å². The van der Waals surface area contributed by atoms with Crippen molar-refractivity contribution in [2.24, 2.45) is 0 Å². The lowest BCUT2D eigenvalue weighted by Gasteiger charge is -2.06. The lowest BCUT2D eigenvalue weighted by atomic mass is 10.1. The van der Waals surface area contributed by atoms with Gasteiger partial charge in [-0.05, 0) is 67.4 Å². The SMILES string of the molecule is Cc1cc(NC(=O)c2ccc3nc(-c4c(C)cccc4Cl)[nH]c3c2)ccc1F. The number of imidazole rings is 1. The van der Waals surface area contributed by atoms with Gasteiger partial charge < -0.3 is 10.3 Å². The predicted molar refractivity (Wildman–Crippen MR) is 110 cm³/mol. The molecule has 0 spiro atoms. The van der Waals surface area contributed by atoms with Gasteiger partial charge in [-0.2, -0.15) is 0 Å². The summed E-state index contributed by atoms with van der Waals surface area (Å²) >= 11 is 6.34. The van der Waals surface area contributed by atoms with Gasteiger partial charge in [0.2, 0.25) is 0 Å². The number of rotatable bonds is 3. The Hall–Kier alpha value is -3.18. The number of aromatic nitrogens is 2. The molecule has 6 heteroatoms. The molecule has 3 aromatic carbocycles. The van der Waals surface area contributed by atoms with E-state index in [0.717, 1.165) is 22.2 Å². The largest absolute Gasteiger partial charge is 0.338 e. The smallest absolute Gasteiger partial charge is 0.255 e. The Kier molecular flexibility index (Phi) is 4.61. The van der Waals surface area contributed by atoms with Crippen molar-refractivity contribution < 1.29 is 9.18 Å². The van der Waals surface area contributed by atoms with Crippen molar-refractivity contribution in [3.05, 3.63) is 82.1 Å². The molecule has 0 saturated carbocycles. The number of aryl methyl sites for hydroxylation is 2. The lowest BCUT2D eigenvalue weighted by molar-refractivity contribution is 0.102. The van der Waals surface area contributed by atoms with Crippen molar-refractivity contribution in [1.29, 1.82) is 0 Å². The first-order valence-corrected chi connectivity index (χ1v) is 9.13. The number of carbonyl (C=O) groups is 1. The highest BCUT2D eigenvalue weighted by Gasteiger charge is 2.14. The van der Waals surface area contributed by atoms with Gasteiger partial charge in [0, 0.05) is 16.8 Å². The molecule has 0 radical (unpaired) electrons. The van der Waals surface area contributed by atoms with Crippen LogP contribution in [0.4, 0.5) is 10.1 Å². The maximum Gasteiger partial charge on any atom is 0.255 e. The van der Waals surface area contributed by atoms with Crippen molar-refractivity contribution >= 4 is 34.2 Å². The summed E-state index contributed by atoms with van der Waals surface area (Å²) in [6.45, 7) is 3.62. The molecule has 0 atom stereocenters. The van der Waals surface area contributed by atoms with Crippen molar-refractivity contribution in [3.8, 4) is 11.4 Å². The first-order valence-electron chi connectivity index (χ1n) is 8.75. The molecule has 0 aliphatic carbocycles. The number of anilines is 1. The summed E-state index contributed by atoms with van der Waals surface area (Å²) in [5, 5.41) is 3.40. The van der Waals surface area contributed by atoms with Crippen LogP contribution in [0.5, 0.6) is 0 Å². The zero-order valence-electron chi connectivity index (χ0n) is 15.3. The predicted octanol–water partition coefficient (Wildman–Crippen LogP) is 5.89. The van der Waals surface area contributed by atoms with Crippen LogP contribution < -0.4 is 5.32 Å². The molecule has 1 aromatic heterocycles. The number of amides is 1. The molecule has 0 unspecified atom stereocenters. The Bertz CT molecular complexity index is 1200. The minimum absolute atomic E-state index is 0.280. The number of benzene rings is 3. The molecule has 0 fully saturated rings. The molecule has 140 valence electrons. The number of aromatic amines is 1. The van der Waals surface area contributed by atoms with E-state index in [9.17, 15) is 9.18 Å². The van der Waals surface area contributed by atoms with E-state index in [0.29, 0.717) is 27.7 Å². The zero-order chi connectivity index (χ0) is 19.8. The van der Waals surface area contributed by atoms with Crippen LogP contribution in [-0.2, 0) is 0 Å². The van der Waals surface area contributed by atoms with Gasteiger partial charge >= 0.3 is 0 Å². The second-order valence-corrected chi connectivity index (χ2v) is 7.07. The number of halogens is 2. The van der Waals surface area contributed by atoms with E-state index in [2.05, 4.69) is 15.3 Å². The van der Waals surface area contributed by atoms with Gasteiger partial charge in [-0.15, -0.1) is 0 Å². The Balaban J connectivity index is 1.66. The quantitative estimate of drug-likeness (QED) is 0.455. The van der Waals surface area contributed by atoms with E-state index in [1.54, 1.807) is 31.2 Å². The van der Waals surface area contributed by atoms with Gasteiger partial charge in [0.25, 0.3) is 5.91 Å². The molecule has 1 heterocycles. The number of fused-ring (bicyclic) bond motifs is 1. The third kappa shape index (κ3) is 3.37. The van der Waals surface area contributed by atoms with Crippen LogP contribution in [0.15, 0.2) is 54.6 Å². The minimum Gasteiger partial charge on any atom is -0.338 e. The number of H-pyrrole nitrogens is 1. The van der Waals surface area contributed by atoms with Gasteiger partial charge in [0.15, 0.2) is 0 Å². The minimum atomic E-state index is -0.306. The second kappa shape index (κ2) is 7.09. The highest BCUT2D eigenvalue weighted by atomic mass is 35.5. The Morgan fingerprint density at radius 1 is 1.07 bits per heavy atom. The van der Waals surface area contributed by atoms with Gasteiger partial charge in [-0.25, -0.2) is 9.37 Å². The van der Waals surface area contributed by atoms with Crippen LogP contribution in [0, 0.1) is 19.7 Å². The molecule has 0 bridgehead atoms. The summed E-state index contributed by atoms with van der Waals surface area (Å²) < 4.78 is 13.4. The monoisotopic (exact) mass is 393 g/mol. The fourth-order valence-corrected chi connectivity index (χ4v) is 3.44. The Morgan fingerprint density at radius 3 is 2.64 bits per heavy atom. The highest BCUT2D eigenvalue weighted by Crippen LogP contribution is 2.30. The summed E-state index contributed by atoms with van der Waals surface area (Å²) in [6, 6.07) is 15.4. The fraction of sp³-hybridized carbons (Fsp3) is 0.0909. The highest BCUT2D eigenvalue weighted by molar-refractivity contribution is 6.33. The van der Waals surface area contributed by atoms with Crippen LogP contribution >= 0.6 is 11.6 Å². The lowest BCUT2D eigenvalue weighted by Crippen LogP contribution is -2.12. The molecular weight excluding hydrogens is 377 g/mol. The first-order chi connectivity index (χ1) is 13.4. The zero-order valence-corrected chi connectivity index (χ0v) is 16.1. The summed E-state index contributed by atoms with van der Waals surface area (Å²) in [5.41, 5.74) is 4.81. The van der Waals surface area contributed by atoms with Crippen molar-refractivity contribution in [3.63, 3.8) is 0 Å². The van der Waals surface area contributed by atoms with Gasteiger partial charge in [-0.3, -0.25) is 4.79 Å². The third-order valence-corrected chi connectivity index (χ3v) is 4.93. The van der Waals surface area contributed by atoms with E-state index >= 15 is 0 Å². The molecule has 0 aliphatic heterocycles. The van der Waals surface area contributed by atoms with Crippen molar-refractivity contribution in [1.82, 2.24) is 9.97 Å². The van der Waals surface area contributed by atoms with Crippen LogP contribution in [0.25, 0.3) is 22.4 Å². The third-order valence-electron chi connectivity index (χ3n) is 4.62. The maximum atomic E-state index is 13.4. The normalized spacial score (nSPS) is 11.0. The average molecular weight is 394 g/mol. The Labute approximate surface area is 166 Å². The van der Waals surface area contributed by atoms with E-state index in [-0.39, 0.29) is 11.7 Å². The molecule has 1 amide bonds. The molecular formula is C22H17ClFN3O. The van der Waals surface area contributed by atoms with Crippen LogP contribution in [0.1, 0.15) is 21.5 Å². The molecule has 4 aromatic rings. The number of nitrogens with one attached hydrogen (secondary N) is 2. The summed E-state index contributed by atoms with van der Waals surface area (Å²) in [6.07, 6.45) is 0. The van der Waals surface area contributed by atoms with Gasteiger partial charge in [0.1, 0.15) is 11.6 Å².